The molecule has 0 spiro atoms. The van der Waals surface area contributed by atoms with Gasteiger partial charge in [-0.25, -0.2) is 0 Å². The number of para-hydroxylation sites is 2. The smallest absolute Gasteiger partial charge is 0.239 e. The summed E-state index contributed by atoms with van der Waals surface area (Å²) < 4.78 is 0. The Hall–Kier alpha value is -2.24. The summed E-state index contributed by atoms with van der Waals surface area (Å²) in [7, 11) is 0. The first kappa shape index (κ1) is 19.1. The van der Waals surface area contributed by atoms with Crippen LogP contribution >= 0.6 is 12.4 Å². The minimum atomic E-state index is -0.510. The lowest BCUT2D eigenvalue weighted by Gasteiger charge is -2.37. The lowest BCUT2D eigenvalue weighted by atomic mass is 10.1. The van der Waals surface area contributed by atoms with Gasteiger partial charge in [0.15, 0.2) is 0 Å². The number of benzene rings is 2. The third-order valence-electron chi connectivity index (χ3n) is 4.43. The van der Waals surface area contributed by atoms with Crippen molar-refractivity contribution >= 4 is 24.0 Å². The Kier molecular flexibility index (Phi) is 6.67. The maximum absolute atomic E-state index is 12.5. The van der Waals surface area contributed by atoms with Crippen molar-refractivity contribution in [3.63, 3.8) is 0 Å². The van der Waals surface area contributed by atoms with Gasteiger partial charge in [0.2, 0.25) is 5.91 Å². The van der Waals surface area contributed by atoms with E-state index in [-0.39, 0.29) is 24.1 Å². The van der Waals surface area contributed by atoms with Crippen LogP contribution in [0, 0.1) is 0 Å². The SMILES string of the molecule is Cl.N[C@@H](Cc1ccccc1)C(=O)N1CCN(c2ccccc2O)CC1. The van der Waals surface area contributed by atoms with Gasteiger partial charge in [-0.2, -0.15) is 0 Å². The van der Waals surface area contributed by atoms with Gasteiger partial charge in [0.05, 0.1) is 11.7 Å². The molecule has 0 unspecified atom stereocenters. The zero-order valence-electron chi connectivity index (χ0n) is 14.0. The van der Waals surface area contributed by atoms with E-state index < -0.39 is 6.04 Å². The largest absolute Gasteiger partial charge is 0.506 e. The molecule has 5 nitrogen and oxygen atoms in total. The fourth-order valence-electron chi connectivity index (χ4n) is 3.09. The first-order chi connectivity index (χ1) is 11.6. The van der Waals surface area contributed by atoms with Crippen molar-refractivity contribution in [3.8, 4) is 5.75 Å². The Balaban J connectivity index is 0.00000225. The maximum atomic E-state index is 12.5. The van der Waals surface area contributed by atoms with E-state index in [1.54, 1.807) is 12.1 Å². The number of anilines is 1. The van der Waals surface area contributed by atoms with Crippen molar-refractivity contribution in [2.75, 3.05) is 31.1 Å². The monoisotopic (exact) mass is 361 g/mol. The number of hydrogen-bond acceptors (Lipinski definition) is 4. The number of amides is 1. The summed E-state index contributed by atoms with van der Waals surface area (Å²) in [6.07, 6.45) is 0.555. The topological polar surface area (TPSA) is 69.8 Å². The first-order valence-corrected chi connectivity index (χ1v) is 8.26. The van der Waals surface area contributed by atoms with Crippen molar-refractivity contribution in [2.24, 2.45) is 5.73 Å². The summed E-state index contributed by atoms with van der Waals surface area (Å²) in [4.78, 5) is 16.5. The number of phenols is 1. The van der Waals surface area contributed by atoms with Crippen LogP contribution in [0.25, 0.3) is 0 Å². The second-order valence-corrected chi connectivity index (χ2v) is 6.10. The third-order valence-corrected chi connectivity index (χ3v) is 4.43. The van der Waals surface area contributed by atoms with E-state index in [2.05, 4.69) is 4.90 Å². The van der Waals surface area contributed by atoms with Gasteiger partial charge in [0.25, 0.3) is 0 Å². The van der Waals surface area contributed by atoms with Crippen molar-refractivity contribution in [2.45, 2.75) is 12.5 Å². The summed E-state index contributed by atoms with van der Waals surface area (Å²) in [6, 6.07) is 16.6. The molecule has 3 rings (SSSR count). The fourth-order valence-corrected chi connectivity index (χ4v) is 3.09. The first-order valence-electron chi connectivity index (χ1n) is 8.26. The molecule has 0 aromatic heterocycles. The molecule has 1 amide bonds. The van der Waals surface area contributed by atoms with Gasteiger partial charge in [-0.15, -0.1) is 12.4 Å². The molecule has 0 saturated carbocycles. The van der Waals surface area contributed by atoms with Gasteiger partial charge in [-0.3, -0.25) is 4.79 Å². The molecule has 0 aliphatic carbocycles. The van der Waals surface area contributed by atoms with Crippen LogP contribution in [0.1, 0.15) is 5.56 Å². The van der Waals surface area contributed by atoms with E-state index in [0.29, 0.717) is 32.6 Å². The van der Waals surface area contributed by atoms with E-state index in [1.165, 1.54) is 0 Å². The van der Waals surface area contributed by atoms with Crippen LogP contribution in [0.15, 0.2) is 54.6 Å². The molecule has 0 radical (unpaired) electrons. The Morgan fingerprint density at radius 1 is 1.00 bits per heavy atom. The molecule has 1 atom stereocenters. The molecule has 1 aliphatic rings. The van der Waals surface area contributed by atoms with Gasteiger partial charge in [0.1, 0.15) is 5.75 Å². The van der Waals surface area contributed by atoms with E-state index in [4.69, 9.17) is 5.73 Å². The van der Waals surface area contributed by atoms with E-state index >= 15 is 0 Å². The highest BCUT2D eigenvalue weighted by atomic mass is 35.5. The molecule has 134 valence electrons. The van der Waals surface area contributed by atoms with Crippen molar-refractivity contribution in [1.82, 2.24) is 4.90 Å². The molecule has 3 N–H and O–H groups in total. The summed E-state index contributed by atoms with van der Waals surface area (Å²) in [5.74, 6) is 0.272. The third kappa shape index (κ3) is 4.65. The molecule has 1 saturated heterocycles. The highest BCUT2D eigenvalue weighted by molar-refractivity contribution is 5.85. The van der Waals surface area contributed by atoms with Crippen molar-refractivity contribution < 1.29 is 9.90 Å². The molecule has 2 aromatic rings. The number of piperazine rings is 1. The number of halogens is 1. The molecule has 25 heavy (non-hydrogen) atoms. The van der Waals surface area contributed by atoms with Gasteiger partial charge in [-0.1, -0.05) is 42.5 Å². The molecule has 1 fully saturated rings. The predicted octanol–water partition coefficient (Wildman–Crippen LogP) is 2.03. The number of rotatable bonds is 4. The van der Waals surface area contributed by atoms with E-state index in [0.717, 1.165) is 11.3 Å². The summed E-state index contributed by atoms with van der Waals surface area (Å²) in [6.45, 7) is 2.63. The normalized spacial score (nSPS) is 15.4. The minimum Gasteiger partial charge on any atom is -0.506 e. The van der Waals surface area contributed by atoms with Gasteiger partial charge >= 0.3 is 0 Å². The fraction of sp³-hybridized carbons (Fsp3) is 0.316. The van der Waals surface area contributed by atoms with Crippen LogP contribution in [0.5, 0.6) is 5.75 Å². The van der Waals surface area contributed by atoms with Crippen LogP contribution in [0.3, 0.4) is 0 Å². The van der Waals surface area contributed by atoms with Crippen LogP contribution in [0.4, 0.5) is 5.69 Å². The van der Waals surface area contributed by atoms with Gasteiger partial charge in [-0.05, 0) is 24.1 Å². The Morgan fingerprint density at radius 3 is 2.24 bits per heavy atom. The molecular weight excluding hydrogens is 338 g/mol. The zero-order valence-corrected chi connectivity index (χ0v) is 14.9. The van der Waals surface area contributed by atoms with Gasteiger partial charge < -0.3 is 20.6 Å². The number of carbonyl (C=O) groups is 1. The van der Waals surface area contributed by atoms with Gasteiger partial charge in [0, 0.05) is 26.2 Å². The van der Waals surface area contributed by atoms with Crippen molar-refractivity contribution in [1.29, 1.82) is 0 Å². The van der Waals surface area contributed by atoms with Crippen LogP contribution in [-0.2, 0) is 11.2 Å². The average Bonchev–Trinajstić information content (AvgIpc) is 2.62. The molecule has 0 bridgehead atoms. The number of nitrogens with two attached hydrogens (primary N) is 1. The Morgan fingerprint density at radius 2 is 1.60 bits per heavy atom. The van der Waals surface area contributed by atoms with Crippen LogP contribution < -0.4 is 10.6 Å². The molecule has 1 aliphatic heterocycles. The average molecular weight is 362 g/mol. The van der Waals surface area contributed by atoms with Crippen LogP contribution in [-0.4, -0.2) is 48.1 Å². The molecule has 1 heterocycles. The maximum Gasteiger partial charge on any atom is 0.239 e. The highest BCUT2D eigenvalue weighted by Crippen LogP contribution is 2.27. The Bertz CT molecular complexity index is 688. The second kappa shape index (κ2) is 8.74. The molecule has 6 heteroatoms. The lowest BCUT2D eigenvalue weighted by molar-refractivity contribution is -0.132. The minimum absolute atomic E-state index is 0. The van der Waals surface area contributed by atoms with E-state index in [9.17, 15) is 9.90 Å². The number of phenolic OH excluding ortho intramolecular Hbond substituents is 1. The quantitative estimate of drug-likeness (QED) is 0.874. The molecular formula is C19H24ClN3O2. The lowest BCUT2D eigenvalue weighted by Crippen LogP contribution is -2.53. The Labute approximate surface area is 154 Å². The number of carbonyl (C=O) groups excluding carboxylic acids is 1. The summed E-state index contributed by atoms with van der Waals surface area (Å²) >= 11 is 0. The second-order valence-electron chi connectivity index (χ2n) is 6.10. The number of aromatic hydroxyl groups is 1. The number of nitrogens with zero attached hydrogens (tertiary/aromatic N) is 2. The van der Waals surface area contributed by atoms with E-state index in [1.807, 2.05) is 47.4 Å². The summed E-state index contributed by atoms with van der Waals surface area (Å²) in [5.41, 5.74) is 8.00. The van der Waals surface area contributed by atoms with Crippen molar-refractivity contribution in [3.05, 3.63) is 60.2 Å². The predicted molar refractivity (Wildman–Crippen MR) is 102 cm³/mol. The standard InChI is InChI=1S/C19H23N3O2.ClH/c20-16(14-15-6-2-1-3-7-15)19(24)22-12-10-21(11-13-22)17-8-4-5-9-18(17)23;/h1-9,16,23H,10-14,20H2;1H/t16-;/m0./s1. The summed E-state index contributed by atoms with van der Waals surface area (Å²) in [5, 5.41) is 9.95. The highest BCUT2D eigenvalue weighted by Gasteiger charge is 2.26. The molecule has 2 aromatic carbocycles. The number of hydrogen-bond donors (Lipinski definition) is 2. The zero-order chi connectivity index (χ0) is 16.9. The van der Waals surface area contributed by atoms with Crippen LogP contribution in [0.2, 0.25) is 0 Å².